The van der Waals surface area contributed by atoms with Gasteiger partial charge in [0.05, 0.1) is 11.3 Å². The molecule has 21 heavy (non-hydrogen) atoms. The Balaban J connectivity index is 2.90. The van der Waals surface area contributed by atoms with E-state index in [1.165, 1.54) is 6.92 Å². The Kier molecular flexibility index (Phi) is 5.91. The number of nitrogens with zero attached hydrogens (tertiary/aromatic N) is 1. The van der Waals surface area contributed by atoms with Crippen LogP contribution in [0, 0.1) is 5.92 Å². The number of carbonyl (C=O) groups excluding carboxylic acids is 4. The molecule has 1 rings (SSSR count). The van der Waals surface area contributed by atoms with Gasteiger partial charge in [-0.1, -0.05) is 13.8 Å². The summed E-state index contributed by atoms with van der Waals surface area (Å²) in [6.07, 6.45) is -0.0496. The van der Waals surface area contributed by atoms with Crippen LogP contribution in [0.3, 0.4) is 0 Å². The van der Waals surface area contributed by atoms with Crippen LogP contribution in [-0.2, 0) is 19.2 Å². The molecular formula is C13H21N3O4S. The van der Waals surface area contributed by atoms with Crippen LogP contribution in [0.25, 0.3) is 0 Å². The molecule has 0 bridgehead atoms. The number of hydrogen-bond acceptors (Lipinski definition) is 6. The molecule has 118 valence electrons. The van der Waals surface area contributed by atoms with Gasteiger partial charge in [-0.15, -0.1) is 0 Å². The van der Waals surface area contributed by atoms with E-state index in [4.69, 9.17) is 5.73 Å². The summed E-state index contributed by atoms with van der Waals surface area (Å²) in [7, 11) is 0. The summed E-state index contributed by atoms with van der Waals surface area (Å²) >= 11 is 4.00. The third-order valence-electron chi connectivity index (χ3n) is 3.40. The average Bonchev–Trinajstić information content (AvgIpc) is 2.62. The first-order chi connectivity index (χ1) is 9.70. The lowest BCUT2D eigenvalue weighted by Gasteiger charge is -2.27. The molecule has 0 aromatic rings. The minimum Gasteiger partial charge on any atom is -0.344 e. The molecule has 1 fully saturated rings. The molecule has 3 amide bonds. The van der Waals surface area contributed by atoms with Gasteiger partial charge in [0.2, 0.25) is 17.7 Å². The summed E-state index contributed by atoms with van der Waals surface area (Å²) < 4.78 is 0. The number of rotatable bonds is 6. The third-order valence-corrected chi connectivity index (χ3v) is 3.80. The van der Waals surface area contributed by atoms with E-state index in [-0.39, 0.29) is 24.7 Å². The Hall–Kier alpha value is -1.41. The SMILES string of the molecule is CC(=O)C(NC(=O)C(CN)N1C(=O)CC(S)C1=O)C(C)C. The zero-order chi connectivity index (χ0) is 16.3. The molecule has 1 aliphatic rings. The van der Waals surface area contributed by atoms with Gasteiger partial charge in [-0.2, -0.15) is 12.6 Å². The third kappa shape index (κ3) is 3.82. The van der Waals surface area contributed by atoms with E-state index >= 15 is 0 Å². The van der Waals surface area contributed by atoms with Crippen molar-refractivity contribution in [2.45, 2.75) is 44.5 Å². The number of ketones is 1. The molecule has 0 aromatic carbocycles. The Morgan fingerprint density at radius 1 is 1.43 bits per heavy atom. The van der Waals surface area contributed by atoms with Gasteiger partial charge < -0.3 is 11.1 Å². The van der Waals surface area contributed by atoms with Crippen LogP contribution in [0.5, 0.6) is 0 Å². The summed E-state index contributed by atoms with van der Waals surface area (Å²) in [5, 5.41) is 1.82. The van der Waals surface area contributed by atoms with Gasteiger partial charge in [-0.3, -0.25) is 24.1 Å². The second-order valence-corrected chi connectivity index (χ2v) is 6.04. The van der Waals surface area contributed by atoms with Crippen molar-refractivity contribution in [2.75, 3.05) is 6.54 Å². The Bertz CT molecular complexity index is 466. The van der Waals surface area contributed by atoms with Crippen LogP contribution in [0.1, 0.15) is 27.2 Å². The van der Waals surface area contributed by atoms with Crippen LogP contribution in [-0.4, -0.2) is 52.3 Å². The predicted octanol–water partition coefficient (Wildman–Crippen LogP) is -0.899. The molecule has 0 radical (unpaired) electrons. The quantitative estimate of drug-likeness (QED) is 0.435. The maximum Gasteiger partial charge on any atom is 0.245 e. The predicted molar refractivity (Wildman–Crippen MR) is 79.5 cm³/mol. The van der Waals surface area contributed by atoms with Gasteiger partial charge in [0.25, 0.3) is 0 Å². The smallest absolute Gasteiger partial charge is 0.245 e. The molecule has 8 heteroatoms. The average molecular weight is 315 g/mol. The molecule has 1 saturated heterocycles. The van der Waals surface area contributed by atoms with Crippen molar-refractivity contribution in [1.82, 2.24) is 10.2 Å². The molecule has 1 aliphatic heterocycles. The maximum absolute atomic E-state index is 12.3. The van der Waals surface area contributed by atoms with Crippen LogP contribution >= 0.6 is 12.6 Å². The first kappa shape index (κ1) is 17.6. The number of thiol groups is 1. The van der Waals surface area contributed by atoms with Gasteiger partial charge in [-0.25, -0.2) is 0 Å². The van der Waals surface area contributed by atoms with Crippen molar-refractivity contribution in [3.8, 4) is 0 Å². The van der Waals surface area contributed by atoms with Gasteiger partial charge in [0, 0.05) is 13.0 Å². The van der Waals surface area contributed by atoms with E-state index in [0.717, 1.165) is 4.90 Å². The highest BCUT2D eigenvalue weighted by atomic mass is 32.1. The second kappa shape index (κ2) is 7.04. The summed E-state index contributed by atoms with van der Waals surface area (Å²) in [5.41, 5.74) is 5.53. The summed E-state index contributed by atoms with van der Waals surface area (Å²) in [6, 6.07) is -1.78. The standard InChI is InChI=1S/C13H21N3O4S/c1-6(2)11(7(3)17)15-12(19)8(5-14)16-10(18)4-9(21)13(16)20/h6,8-9,11,21H,4-5,14H2,1-3H3,(H,15,19). The normalized spacial score (nSPS) is 21.6. The van der Waals surface area contributed by atoms with Crippen molar-refractivity contribution in [2.24, 2.45) is 11.7 Å². The van der Waals surface area contributed by atoms with E-state index in [0.29, 0.717) is 0 Å². The highest BCUT2D eigenvalue weighted by Gasteiger charge is 2.43. The van der Waals surface area contributed by atoms with E-state index in [1.807, 2.05) is 0 Å². The first-order valence-electron chi connectivity index (χ1n) is 6.75. The molecule has 0 aliphatic carbocycles. The minimum absolute atomic E-state index is 0.0496. The fourth-order valence-electron chi connectivity index (χ4n) is 2.28. The molecule has 1 heterocycles. The lowest BCUT2D eigenvalue weighted by molar-refractivity contribution is -0.146. The number of nitrogens with one attached hydrogen (secondary N) is 1. The second-order valence-electron chi connectivity index (χ2n) is 5.41. The van der Waals surface area contributed by atoms with Crippen LogP contribution < -0.4 is 11.1 Å². The van der Waals surface area contributed by atoms with Crippen molar-refractivity contribution in [1.29, 1.82) is 0 Å². The zero-order valence-corrected chi connectivity index (χ0v) is 13.2. The van der Waals surface area contributed by atoms with Crippen molar-refractivity contribution in [3.05, 3.63) is 0 Å². The van der Waals surface area contributed by atoms with Gasteiger partial charge in [0.15, 0.2) is 5.78 Å². The molecule has 3 atom stereocenters. The lowest BCUT2D eigenvalue weighted by Crippen LogP contribution is -2.57. The molecule has 3 N–H and O–H groups in total. The lowest BCUT2D eigenvalue weighted by atomic mass is 10.00. The molecule has 0 aromatic heterocycles. The van der Waals surface area contributed by atoms with Crippen LogP contribution in [0.2, 0.25) is 0 Å². The molecule has 0 saturated carbocycles. The number of imide groups is 1. The molecular weight excluding hydrogens is 294 g/mol. The summed E-state index contributed by atoms with van der Waals surface area (Å²) in [6.45, 7) is 4.75. The first-order valence-corrected chi connectivity index (χ1v) is 7.27. The fraction of sp³-hybridized carbons (Fsp3) is 0.692. The van der Waals surface area contributed by atoms with E-state index in [1.54, 1.807) is 13.8 Å². The highest BCUT2D eigenvalue weighted by Crippen LogP contribution is 2.20. The van der Waals surface area contributed by atoms with Crippen LogP contribution in [0.4, 0.5) is 0 Å². The van der Waals surface area contributed by atoms with E-state index in [9.17, 15) is 19.2 Å². The Morgan fingerprint density at radius 2 is 2.00 bits per heavy atom. The Labute approximate surface area is 129 Å². The zero-order valence-electron chi connectivity index (χ0n) is 12.3. The fourth-order valence-corrected chi connectivity index (χ4v) is 2.56. The minimum atomic E-state index is -1.11. The molecule has 7 nitrogen and oxygen atoms in total. The van der Waals surface area contributed by atoms with Gasteiger partial charge in [-0.05, 0) is 12.8 Å². The van der Waals surface area contributed by atoms with Crippen molar-refractivity contribution in [3.63, 3.8) is 0 Å². The summed E-state index contributed by atoms with van der Waals surface area (Å²) in [5.74, 6) is -1.91. The van der Waals surface area contributed by atoms with Crippen molar-refractivity contribution >= 4 is 36.1 Å². The number of amides is 3. The molecule has 0 spiro atoms. The number of nitrogens with two attached hydrogens (primary N) is 1. The van der Waals surface area contributed by atoms with E-state index < -0.39 is 35.1 Å². The number of hydrogen-bond donors (Lipinski definition) is 3. The van der Waals surface area contributed by atoms with E-state index in [2.05, 4.69) is 17.9 Å². The number of carbonyl (C=O) groups is 4. The van der Waals surface area contributed by atoms with Crippen molar-refractivity contribution < 1.29 is 19.2 Å². The van der Waals surface area contributed by atoms with Gasteiger partial charge in [0.1, 0.15) is 6.04 Å². The number of likely N-dealkylation sites (tertiary alicyclic amines) is 1. The summed E-state index contributed by atoms with van der Waals surface area (Å²) in [4.78, 5) is 48.4. The monoisotopic (exact) mass is 315 g/mol. The van der Waals surface area contributed by atoms with Crippen LogP contribution in [0.15, 0.2) is 0 Å². The highest BCUT2D eigenvalue weighted by molar-refractivity contribution is 7.81. The molecule has 3 unspecified atom stereocenters. The largest absolute Gasteiger partial charge is 0.344 e. The maximum atomic E-state index is 12.3. The topological polar surface area (TPSA) is 110 Å². The Morgan fingerprint density at radius 3 is 2.33 bits per heavy atom. The number of Topliss-reactive ketones (excluding diaryl/α,β-unsaturated/α-hetero) is 1. The van der Waals surface area contributed by atoms with Gasteiger partial charge >= 0.3 is 0 Å².